The Bertz CT molecular complexity index is 1570. The number of rotatable bonds is 7. The Morgan fingerprint density at radius 3 is 2.64 bits per heavy atom. The molecule has 2 aromatic carbocycles. The maximum absolute atomic E-state index is 14.1. The van der Waals surface area contributed by atoms with E-state index in [0.29, 0.717) is 39.5 Å². The van der Waals surface area contributed by atoms with E-state index >= 15 is 0 Å². The summed E-state index contributed by atoms with van der Waals surface area (Å²) in [5, 5.41) is 4.52. The molecule has 0 radical (unpaired) electrons. The molecule has 39 heavy (non-hydrogen) atoms. The molecule has 0 saturated heterocycles. The number of nitrogens with one attached hydrogen (secondary N) is 1. The number of fused-ring (bicyclic) bond motifs is 3. The van der Waals surface area contributed by atoms with Crippen LogP contribution in [0.4, 0.5) is 5.69 Å². The molecule has 1 aliphatic rings. The average molecular weight is 582 g/mol. The lowest BCUT2D eigenvalue weighted by atomic mass is 9.72. The molecule has 9 heteroatoms. The van der Waals surface area contributed by atoms with Crippen LogP contribution >= 0.6 is 34.7 Å². The molecule has 1 amide bonds. The molecule has 1 aliphatic carbocycles. The fourth-order valence-electron chi connectivity index (χ4n) is 5.01. The Morgan fingerprint density at radius 1 is 1.21 bits per heavy atom. The first kappa shape index (κ1) is 27.7. The van der Waals surface area contributed by atoms with Gasteiger partial charge in [-0.05, 0) is 79.5 Å². The molecule has 1 atom stereocenters. The second kappa shape index (κ2) is 11.4. The molecule has 0 saturated carbocycles. The first-order valence-corrected chi connectivity index (χ1v) is 15.3. The number of nitrogens with zero attached hydrogens (tertiary/aromatic N) is 2. The number of halogens is 1. The minimum atomic E-state index is -0.223. The van der Waals surface area contributed by atoms with E-state index in [1.54, 1.807) is 28.0 Å². The predicted octanol–water partition coefficient (Wildman–Crippen LogP) is 7.38. The number of amides is 1. The second-order valence-corrected chi connectivity index (χ2v) is 13.2. The van der Waals surface area contributed by atoms with Gasteiger partial charge in [-0.1, -0.05) is 56.3 Å². The van der Waals surface area contributed by atoms with E-state index in [1.807, 2.05) is 43.3 Å². The minimum absolute atomic E-state index is 0.0807. The predicted molar refractivity (Wildman–Crippen MR) is 162 cm³/mol. The molecular weight excluding hydrogens is 550 g/mol. The molecule has 2 aromatic heterocycles. The molecule has 0 bridgehead atoms. The average Bonchev–Trinajstić information content (AvgIpc) is 3.27. The highest BCUT2D eigenvalue weighted by Crippen LogP contribution is 2.42. The molecule has 6 nitrogen and oxygen atoms in total. The topological polar surface area (TPSA) is 73.2 Å². The molecule has 5 rings (SSSR count). The summed E-state index contributed by atoms with van der Waals surface area (Å²) in [7, 11) is 0. The van der Waals surface area contributed by atoms with E-state index in [0.717, 1.165) is 35.4 Å². The highest BCUT2D eigenvalue weighted by molar-refractivity contribution is 7.99. The fourth-order valence-corrected chi connectivity index (χ4v) is 7.34. The van der Waals surface area contributed by atoms with E-state index < -0.39 is 0 Å². The lowest BCUT2D eigenvalue weighted by molar-refractivity contribution is -0.113. The van der Waals surface area contributed by atoms with E-state index in [4.69, 9.17) is 21.3 Å². The van der Waals surface area contributed by atoms with Crippen LogP contribution in [0, 0.1) is 11.3 Å². The number of aryl methyl sites for hydroxylation is 1. The van der Waals surface area contributed by atoms with Crippen molar-refractivity contribution < 1.29 is 9.53 Å². The van der Waals surface area contributed by atoms with Crippen molar-refractivity contribution in [1.29, 1.82) is 0 Å². The summed E-state index contributed by atoms with van der Waals surface area (Å²) >= 11 is 9.08. The summed E-state index contributed by atoms with van der Waals surface area (Å²) < 4.78 is 7.24. The van der Waals surface area contributed by atoms with Crippen LogP contribution in [0.1, 0.15) is 44.6 Å². The van der Waals surface area contributed by atoms with Crippen molar-refractivity contribution in [3.8, 4) is 11.4 Å². The zero-order valence-corrected chi connectivity index (χ0v) is 24.9. The van der Waals surface area contributed by atoms with Crippen LogP contribution in [-0.4, -0.2) is 27.8 Å². The van der Waals surface area contributed by atoms with Crippen molar-refractivity contribution in [2.75, 3.05) is 17.7 Å². The first-order valence-electron chi connectivity index (χ1n) is 13.1. The van der Waals surface area contributed by atoms with Gasteiger partial charge < -0.3 is 10.1 Å². The molecule has 0 spiro atoms. The van der Waals surface area contributed by atoms with Crippen LogP contribution in [0.2, 0.25) is 5.02 Å². The van der Waals surface area contributed by atoms with Gasteiger partial charge in [-0.3, -0.25) is 14.2 Å². The molecule has 0 fully saturated rings. The lowest BCUT2D eigenvalue weighted by Gasteiger charge is -2.33. The smallest absolute Gasteiger partial charge is 0.267 e. The summed E-state index contributed by atoms with van der Waals surface area (Å²) in [4.78, 5) is 33.9. The second-order valence-electron chi connectivity index (χ2n) is 10.8. The first-order chi connectivity index (χ1) is 18.7. The summed E-state index contributed by atoms with van der Waals surface area (Å²) in [5.41, 5.74) is 2.50. The van der Waals surface area contributed by atoms with Crippen molar-refractivity contribution in [2.45, 2.75) is 52.1 Å². The number of carbonyl (C=O) groups excluding carboxylic acids is 1. The summed E-state index contributed by atoms with van der Waals surface area (Å²) in [6.07, 6.45) is 2.90. The van der Waals surface area contributed by atoms with E-state index in [2.05, 4.69) is 26.1 Å². The lowest BCUT2D eigenvalue weighted by Crippen LogP contribution is -2.27. The quantitative estimate of drug-likeness (QED) is 0.182. The molecule has 1 unspecified atom stereocenters. The van der Waals surface area contributed by atoms with Gasteiger partial charge in [0.15, 0.2) is 5.16 Å². The third-order valence-corrected chi connectivity index (χ3v) is 9.58. The van der Waals surface area contributed by atoms with Gasteiger partial charge in [0, 0.05) is 4.88 Å². The Balaban J connectivity index is 1.53. The molecule has 4 aromatic rings. The monoisotopic (exact) mass is 581 g/mol. The number of hydrogen-bond acceptors (Lipinski definition) is 6. The van der Waals surface area contributed by atoms with E-state index in [-0.39, 0.29) is 22.6 Å². The standard InChI is InChI=1S/C30H32ClN3O3S2/c1-5-37-20-13-11-19(12-14-20)34-28(36)26-21-15-10-18(30(2,3)4)16-24(21)39-27(26)33-29(34)38-17-25(35)32-23-9-7-6-8-22(23)31/h6-9,11-14,18H,5,10,15-17H2,1-4H3,(H,32,35). The minimum Gasteiger partial charge on any atom is -0.494 e. The van der Waals surface area contributed by atoms with Crippen molar-refractivity contribution >= 4 is 56.5 Å². The Hall–Kier alpha value is -2.81. The molecule has 1 N–H and O–H groups in total. The Kier molecular flexibility index (Phi) is 8.08. The SMILES string of the molecule is CCOc1ccc(-n2c(SCC(=O)Nc3ccccc3Cl)nc3sc4c(c3c2=O)CCC(C(C)(C)C)C4)cc1. The third-order valence-electron chi connectivity index (χ3n) is 7.16. The van der Waals surface area contributed by atoms with E-state index in [1.165, 1.54) is 16.6 Å². The number of carbonyl (C=O) groups is 1. The number of thiophene rings is 1. The van der Waals surface area contributed by atoms with Crippen LogP contribution in [0.25, 0.3) is 15.9 Å². The molecular formula is C30H32ClN3O3S2. The van der Waals surface area contributed by atoms with Crippen molar-refractivity contribution in [3.63, 3.8) is 0 Å². The Morgan fingerprint density at radius 2 is 1.95 bits per heavy atom. The fraction of sp³-hybridized carbons (Fsp3) is 0.367. The van der Waals surface area contributed by atoms with E-state index in [9.17, 15) is 9.59 Å². The number of aromatic nitrogens is 2. The number of anilines is 1. The van der Waals surface area contributed by atoms with Crippen molar-refractivity contribution in [3.05, 3.63) is 74.3 Å². The number of thioether (sulfide) groups is 1. The number of hydrogen-bond donors (Lipinski definition) is 1. The van der Waals surface area contributed by atoms with Crippen LogP contribution in [0.3, 0.4) is 0 Å². The van der Waals surface area contributed by atoms with Gasteiger partial charge in [0.25, 0.3) is 5.56 Å². The summed E-state index contributed by atoms with van der Waals surface area (Å²) in [6.45, 7) is 9.36. The summed E-state index contributed by atoms with van der Waals surface area (Å²) in [6, 6.07) is 14.5. The number of para-hydroxylation sites is 1. The van der Waals surface area contributed by atoms with Gasteiger partial charge >= 0.3 is 0 Å². The zero-order valence-electron chi connectivity index (χ0n) is 22.5. The van der Waals surface area contributed by atoms with Gasteiger partial charge in [-0.2, -0.15) is 0 Å². The van der Waals surface area contributed by atoms with Crippen LogP contribution < -0.4 is 15.6 Å². The molecule has 2 heterocycles. The molecule has 204 valence electrons. The largest absolute Gasteiger partial charge is 0.494 e. The third kappa shape index (κ3) is 5.88. The van der Waals surface area contributed by atoms with Crippen LogP contribution in [0.5, 0.6) is 5.75 Å². The van der Waals surface area contributed by atoms with Crippen LogP contribution in [0.15, 0.2) is 58.5 Å². The van der Waals surface area contributed by atoms with Crippen molar-refractivity contribution in [1.82, 2.24) is 9.55 Å². The maximum atomic E-state index is 14.1. The highest BCUT2D eigenvalue weighted by atomic mass is 35.5. The maximum Gasteiger partial charge on any atom is 0.267 e. The normalized spacial score (nSPS) is 15.3. The van der Waals surface area contributed by atoms with Crippen molar-refractivity contribution in [2.24, 2.45) is 11.3 Å². The number of ether oxygens (including phenoxy) is 1. The van der Waals surface area contributed by atoms with Gasteiger partial charge in [0.1, 0.15) is 10.6 Å². The van der Waals surface area contributed by atoms with Gasteiger partial charge in [-0.25, -0.2) is 4.98 Å². The van der Waals surface area contributed by atoms with Gasteiger partial charge in [-0.15, -0.1) is 11.3 Å². The van der Waals surface area contributed by atoms with Crippen LogP contribution in [-0.2, 0) is 17.6 Å². The number of benzene rings is 2. The molecule has 0 aliphatic heterocycles. The highest BCUT2D eigenvalue weighted by Gasteiger charge is 2.32. The zero-order chi connectivity index (χ0) is 27.7. The van der Waals surface area contributed by atoms with Gasteiger partial charge in [0.05, 0.1) is 34.1 Å². The summed E-state index contributed by atoms with van der Waals surface area (Å²) in [5.74, 6) is 1.16. The Labute approximate surface area is 241 Å². The van der Waals surface area contributed by atoms with Gasteiger partial charge in [0.2, 0.25) is 5.91 Å².